The minimum absolute atomic E-state index is 0.180. The molecule has 4 fully saturated rings. The molecule has 146 valence electrons. The van der Waals surface area contributed by atoms with Crippen molar-refractivity contribution in [2.45, 2.75) is 50.5 Å². The number of hydrogen-bond donors (Lipinski definition) is 0. The Morgan fingerprint density at radius 1 is 1.07 bits per heavy atom. The topological polar surface area (TPSA) is 52.3 Å². The Labute approximate surface area is 177 Å². The van der Waals surface area contributed by atoms with Crippen molar-refractivity contribution in [1.82, 2.24) is 19.8 Å². The number of halogens is 2. The fraction of sp³-hybridized carbons (Fsp3) is 0.550. The Balaban J connectivity index is 1.28. The van der Waals surface area contributed by atoms with Gasteiger partial charge in [-0.2, -0.15) is 9.61 Å². The van der Waals surface area contributed by atoms with Crippen molar-refractivity contribution in [3.63, 3.8) is 0 Å². The van der Waals surface area contributed by atoms with Gasteiger partial charge < -0.3 is 4.74 Å². The summed E-state index contributed by atoms with van der Waals surface area (Å²) < 4.78 is 7.85. The van der Waals surface area contributed by atoms with Crippen molar-refractivity contribution < 1.29 is 4.74 Å². The first-order valence-electron chi connectivity index (χ1n) is 9.87. The van der Waals surface area contributed by atoms with Crippen LogP contribution in [0.3, 0.4) is 0 Å². The SMILES string of the molecule is Clc1ccc(OCc2nn3c(C45CC6CC(CC(C6)C4)C5)nnc3s2)c(Cl)c1. The van der Waals surface area contributed by atoms with Gasteiger partial charge in [0.1, 0.15) is 12.4 Å². The van der Waals surface area contributed by atoms with Crippen LogP contribution in [0.2, 0.25) is 10.0 Å². The summed E-state index contributed by atoms with van der Waals surface area (Å²) in [5, 5.41) is 15.8. The molecule has 5 nitrogen and oxygen atoms in total. The van der Waals surface area contributed by atoms with E-state index in [1.165, 1.54) is 49.9 Å². The van der Waals surface area contributed by atoms with Crippen LogP contribution in [0.5, 0.6) is 5.75 Å². The van der Waals surface area contributed by atoms with Gasteiger partial charge in [-0.25, -0.2) is 0 Å². The molecule has 2 aromatic heterocycles. The number of hydrogen-bond acceptors (Lipinski definition) is 5. The normalized spacial score (nSPS) is 31.0. The van der Waals surface area contributed by atoms with Crippen LogP contribution in [0.4, 0.5) is 0 Å². The van der Waals surface area contributed by atoms with E-state index in [2.05, 4.69) is 10.2 Å². The predicted molar refractivity (Wildman–Crippen MR) is 109 cm³/mol. The maximum atomic E-state index is 6.20. The quantitative estimate of drug-likeness (QED) is 0.540. The Kier molecular flexibility index (Phi) is 3.94. The lowest BCUT2D eigenvalue weighted by molar-refractivity contribution is -0.0103. The minimum atomic E-state index is 0.180. The Morgan fingerprint density at radius 2 is 1.79 bits per heavy atom. The molecule has 1 aromatic carbocycles. The standard InChI is InChI=1S/C20H20Cl2N4OS/c21-14-1-2-16(15(22)6-14)27-10-17-25-26-18(23-24-19(26)28-17)20-7-11-3-12(8-20)5-13(4-11)9-20/h1-2,6,11-13H,3-5,7-10H2. The molecule has 3 aromatic rings. The van der Waals surface area contributed by atoms with Crippen LogP contribution in [0.1, 0.15) is 49.4 Å². The van der Waals surface area contributed by atoms with Crippen LogP contribution < -0.4 is 4.74 Å². The lowest BCUT2D eigenvalue weighted by Gasteiger charge is -2.55. The van der Waals surface area contributed by atoms with Crippen molar-refractivity contribution in [3.8, 4) is 5.75 Å². The lowest BCUT2D eigenvalue weighted by Crippen LogP contribution is -2.49. The van der Waals surface area contributed by atoms with Gasteiger partial charge in [0.05, 0.1) is 5.02 Å². The summed E-state index contributed by atoms with van der Waals surface area (Å²) in [6.45, 7) is 0.357. The van der Waals surface area contributed by atoms with E-state index in [1.54, 1.807) is 18.2 Å². The summed E-state index contributed by atoms with van der Waals surface area (Å²) in [6, 6.07) is 5.24. The number of aromatic nitrogens is 4. The number of nitrogens with zero attached hydrogens (tertiary/aromatic N) is 4. The Hall–Kier alpha value is -1.37. The molecule has 2 heterocycles. The van der Waals surface area contributed by atoms with Gasteiger partial charge in [0.25, 0.3) is 0 Å². The molecule has 7 rings (SSSR count). The molecular weight excluding hydrogens is 415 g/mol. The zero-order valence-corrected chi connectivity index (χ0v) is 17.6. The van der Waals surface area contributed by atoms with Crippen LogP contribution in [0.25, 0.3) is 4.96 Å². The van der Waals surface area contributed by atoms with Crippen molar-refractivity contribution in [3.05, 3.63) is 39.1 Å². The predicted octanol–water partition coefficient (Wildman–Crippen LogP) is 5.54. The lowest BCUT2D eigenvalue weighted by atomic mass is 9.49. The summed E-state index contributed by atoms with van der Waals surface area (Å²) in [7, 11) is 0. The van der Waals surface area contributed by atoms with E-state index < -0.39 is 0 Å². The van der Waals surface area contributed by atoms with E-state index in [-0.39, 0.29) is 5.41 Å². The maximum absolute atomic E-state index is 6.20. The van der Waals surface area contributed by atoms with E-state index in [0.29, 0.717) is 22.4 Å². The second-order valence-corrected chi connectivity index (χ2v) is 10.7. The highest BCUT2D eigenvalue weighted by Crippen LogP contribution is 2.60. The largest absolute Gasteiger partial charge is 0.485 e. The molecule has 0 radical (unpaired) electrons. The van der Waals surface area contributed by atoms with Gasteiger partial charge in [-0.05, 0) is 74.5 Å². The number of rotatable bonds is 4. The number of benzene rings is 1. The molecule has 0 unspecified atom stereocenters. The molecule has 28 heavy (non-hydrogen) atoms. The first-order chi connectivity index (χ1) is 13.6. The van der Waals surface area contributed by atoms with E-state index in [4.69, 9.17) is 33.0 Å². The summed E-state index contributed by atoms with van der Waals surface area (Å²) in [5.41, 5.74) is 0.180. The molecule has 0 amide bonds. The number of ether oxygens (including phenoxy) is 1. The highest BCUT2D eigenvalue weighted by Gasteiger charge is 2.54. The van der Waals surface area contributed by atoms with Crippen molar-refractivity contribution in [2.24, 2.45) is 17.8 Å². The van der Waals surface area contributed by atoms with Gasteiger partial charge >= 0.3 is 0 Å². The fourth-order valence-electron chi connectivity index (χ4n) is 6.16. The van der Waals surface area contributed by atoms with Gasteiger partial charge in [-0.15, -0.1) is 10.2 Å². The summed E-state index contributed by atoms with van der Waals surface area (Å²) in [6.07, 6.45) is 8.01. The molecule has 4 aliphatic carbocycles. The van der Waals surface area contributed by atoms with Gasteiger partial charge in [-0.1, -0.05) is 34.5 Å². The second kappa shape index (κ2) is 6.31. The van der Waals surface area contributed by atoms with E-state index in [9.17, 15) is 0 Å². The third-order valence-electron chi connectivity index (χ3n) is 6.79. The molecule has 0 saturated heterocycles. The van der Waals surface area contributed by atoms with Crippen LogP contribution in [0, 0.1) is 17.8 Å². The maximum Gasteiger partial charge on any atom is 0.234 e. The smallest absolute Gasteiger partial charge is 0.234 e. The molecule has 8 heteroatoms. The van der Waals surface area contributed by atoms with Crippen molar-refractivity contribution >= 4 is 39.5 Å². The first-order valence-corrected chi connectivity index (χ1v) is 11.4. The Morgan fingerprint density at radius 3 is 2.46 bits per heavy atom. The minimum Gasteiger partial charge on any atom is -0.485 e. The molecule has 4 saturated carbocycles. The number of fused-ring (bicyclic) bond motifs is 1. The van der Waals surface area contributed by atoms with Crippen LogP contribution in [0.15, 0.2) is 18.2 Å². The van der Waals surface area contributed by atoms with E-state index in [1.807, 2.05) is 4.52 Å². The monoisotopic (exact) mass is 434 g/mol. The second-order valence-electron chi connectivity index (χ2n) is 8.78. The third kappa shape index (κ3) is 2.76. The van der Waals surface area contributed by atoms with E-state index in [0.717, 1.165) is 33.5 Å². The molecule has 4 aliphatic rings. The zero-order valence-electron chi connectivity index (χ0n) is 15.3. The van der Waals surface area contributed by atoms with Crippen molar-refractivity contribution in [2.75, 3.05) is 0 Å². The molecule has 4 bridgehead atoms. The summed E-state index contributed by atoms with van der Waals surface area (Å²) in [4.78, 5) is 0.853. The van der Waals surface area contributed by atoms with Crippen molar-refractivity contribution in [1.29, 1.82) is 0 Å². The summed E-state index contributed by atoms with van der Waals surface area (Å²) >= 11 is 13.7. The molecule has 0 N–H and O–H groups in total. The summed E-state index contributed by atoms with van der Waals surface area (Å²) in [5.74, 6) is 4.29. The van der Waals surface area contributed by atoms with Gasteiger partial charge in [0, 0.05) is 10.4 Å². The average Bonchev–Trinajstić information content (AvgIpc) is 3.20. The zero-order chi connectivity index (χ0) is 18.9. The van der Waals surface area contributed by atoms with Gasteiger partial charge in [0.2, 0.25) is 4.96 Å². The molecule has 0 atom stereocenters. The van der Waals surface area contributed by atoms with E-state index >= 15 is 0 Å². The third-order valence-corrected chi connectivity index (χ3v) is 8.19. The average molecular weight is 435 g/mol. The van der Waals surface area contributed by atoms with Crippen LogP contribution in [-0.4, -0.2) is 19.8 Å². The molecular formula is C20H20Cl2N4OS. The van der Waals surface area contributed by atoms with Gasteiger partial charge in [0.15, 0.2) is 10.8 Å². The van der Waals surface area contributed by atoms with Crippen LogP contribution >= 0.6 is 34.5 Å². The highest BCUT2D eigenvalue weighted by atomic mass is 35.5. The highest BCUT2D eigenvalue weighted by molar-refractivity contribution is 7.16. The van der Waals surface area contributed by atoms with Crippen LogP contribution in [-0.2, 0) is 12.0 Å². The molecule has 0 aliphatic heterocycles. The fourth-order valence-corrected chi connectivity index (χ4v) is 7.37. The molecule has 0 spiro atoms. The first kappa shape index (κ1) is 17.5. The van der Waals surface area contributed by atoms with Gasteiger partial charge in [-0.3, -0.25) is 0 Å². The Bertz CT molecular complexity index is 1030.